The lowest BCUT2D eigenvalue weighted by Crippen LogP contribution is -2.47. The predicted molar refractivity (Wildman–Crippen MR) is 128 cm³/mol. The third-order valence-electron chi connectivity index (χ3n) is 5.81. The Morgan fingerprint density at radius 1 is 0.909 bits per heavy atom. The van der Waals surface area contributed by atoms with Crippen molar-refractivity contribution < 1.29 is 23.8 Å². The van der Waals surface area contributed by atoms with Gasteiger partial charge in [-0.15, -0.1) is 0 Å². The van der Waals surface area contributed by atoms with E-state index in [4.69, 9.17) is 14.2 Å². The van der Waals surface area contributed by atoms with Crippen molar-refractivity contribution in [1.29, 1.82) is 0 Å². The fraction of sp³-hybridized carbons (Fsp3) is 0.615. The summed E-state index contributed by atoms with van der Waals surface area (Å²) in [6.07, 6.45) is 3.62. The summed E-state index contributed by atoms with van der Waals surface area (Å²) in [5.74, 6) is 0.294. The molecule has 2 unspecified atom stereocenters. The van der Waals surface area contributed by atoms with Crippen molar-refractivity contribution >= 4 is 17.4 Å². The van der Waals surface area contributed by atoms with Crippen LogP contribution in [0, 0.1) is 0 Å². The lowest BCUT2D eigenvalue weighted by Gasteiger charge is -2.37. The zero-order chi connectivity index (χ0) is 23.8. The van der Waals surface area contributed by atoms with Gasteiger partial charge < -0.3 is 19.1 Å². The normalized spacial score (nSPS) is 21.3. The fourth-order valence-corrected chi connectivity index (χ4v) is 4.29. The van der Waals surface area contributed by atoms with Crippen LogP contribution < -0.4 is 4.74 Å². The van der Waals surface area contributed by atoms with Crippen molar-refractivity contribution in [2.45, 2.75) is 65.6 Å². The van der Waals surface area contributed by atoms with E-state index in [2.05, 4.69) is 13.8 Å². The van der Waals surface area contributed by atoms with Gasteiger partial charge in [0.1, 0.15) is 11.4 Å². The number of carbonyl (C=O) groups is 2. The SMILES string of the molecule is CCCCOCCCN1C(=O)C(c2ccc(OCCC)cc2)=C(N2CC(C)OC(C)C2)C1=O. The van der Waals surface area contributed by atoms with Gasteiger partial charge in [0.2, 0.25) is 0 Å². The monoisotopic (exact) mass is 458 g/mol. The largest absolute Gasteiger partial charge is 0.494 e. The van der Waals surface area contributed by atoms with Crippen LogP contribution in [-0.4, -0.2) is 73.3 Å². The van der Waals surface area contributed by atoms with E-state index in [0.29, 0.717) is 57.1 Å². The number of benzene rings is 1. The van der Waals surface area contributed by atoms with Crippen molar-refractivity contribution in [2.75, 3.05) is 39.5 Å². The summed E-state index contributed by atoms with van der Waals surface area (Å²) in [7, 11) is 0. The molecule has 2 atom stereocenters. The topological polar surface area (TPSA) is 68.3 Å². The number of amides is 2. The third-order valence-corrected chi connectivity index (χ3v) is 5.81. The summed E-state index contributed by atoms with van der Waals surface area (Å²) in [6.45, 7) is 11.6. The van der Waals surface area contributed by atoms with E-state index < -0.39 is 0 Å². The Morgan fingerprint density at radius 3 is 2.21 bits per heavy atom. The van der Waals surface area contributed by atoms with Crippen LogP contribution in [0.3, 0.4) is 0 Å². The average molecular weight is 459 g/mol. The highest BCUT2D eigenvalue weighted by molar-refractivity contribution is 6.35. The van der Waals surface area contributed by atoms with Gasteiger partial charge in [-0.05, 0) is 50.8 Å². The number of nitrogens with zero attached hydrogens (tertiary/aromatic N) is 2. The van der Waals surface area contributed by atoms with Crippen LogP contribution in [0.5, 0.6) is 5.75 Å². The molecule has 2 heterocycles. The van der Waals surface area contributed by atoms with Crippen LogP contribution in [0.15, 0.2) is 30.0 Å². The quantitative estimate of drug-likeness (QED) is 0.350. The molecule has 7 nitrogen and oxygen atoms in total. The molecule has 7 heteroatoms. The van der Waals surface area contributed by atoms with Gasteiger partial charge >= 0.3 is 0 Å². The van der Waals surface area contributed by atoms with Crippen LogP contribution in [0.1, 0.15) is 58.9 Å². The standard InChI is InChI=1S/C26H38N2O5/c1-5-7-15-31-16-8-13-28-25(29)23(21-9-11-22(12-10-21)32-14-6-2)24(26(28)30)27-17-19(3)33-20(4)18-27/h9-12,19-20H,5-8,13-18H2,1-4H3. The molecule has 1 fully saturated rings. The number of ether oxygens (including phenoxy) is 3. The summed E-state index contributed by atoms with van der Waals surface area (Å²) < 4.78 is 17.2. The maximum absolute atomic E-state index is 13.5. The summed E-state index contributed by atoms with van der Waals surface area (Å²) >= 11 is 0. The van der Waals surface area contributed by atoms with Gasteiger partial charge in [-0.1, -0.05) is 32.4 Å². The molecule has 33 heavy (non-hydrogen) atoms. The van der Waals surface area contributed by atoms with Crippen molar-refractivity contribution in [1.82, 2.24) is 9.80 Å². The molecule has 0 aliphatic carbocycles. The van der Waals surface area contributed by atoms with Crippen molar-refractivity contribution in [2.24, 2.45) is 0 Å². The first-order chi connectivity index (χ1) is 16.0. The lowest BCUT2D eigenvalue weighted by atomic mass is 10.0. The van der Waals surface area contributed by atoms with E-state index in [-0.39, 0.29) is 24.0 Å². The van der Waals surface area contributed by atoms with Crippen LogP contribution in [0.2, 0.25) is 0 Å². The van der Waals surface area contributed by atoms with Gasteiger partial charge in [0.25, 0.3) is 11.8 Å². The predicted octanol–water partition coefficient (Wildman–Crippen LogP) is 3.87. The van der Waals surface area contributed by atoms with E-state index in [1.54, 1.807) is 0 Å². The summed E-state index contributed by atoms with van der Waals surface area (Å²) in [6, 6.07) is 7.47. The van der Waals surface area contributed by atoms with Gasteiger partial charge in [0.05, 0.1) is 24.4 Å². The molecule has 182 valence electrons. The summed E-state index contributed by atoms with van der Waals surface area (Å²) in [4.78, 5) is 30.4. The van der Waals surface area contributed by atoms with E-state index in [9.17, 15) is 9.59 Å². The molecule has 1 aromatic rings. The maximum atomic E-state index is 13.5. The molecule has 2 amide bonds. The zero-order valence-corrected chi connectivity index (χ0v) is 20.5. The lowest BCUT2D eigenvalue weighted by molar-refractivity contribution is -0.138. The molecule has 2 aliphatic heterocycles. The number of hydrogen-bond acceptors (Lipinski definition) is 6. The van der Waals surface area contributed by atoms with E-state index in [1.165, 1.54) is 4.90 Å². The second kappa shape index (κ2) is 12.2. The molecule has 0 radical (unpaired) electrons. The minimum atomic E-state index is -0.238. The summed E-state index contributed by atoms with van der Waals surface area (Å²) in [5.41, 5.74) is 1.69. The second-order valence-electron chi connectivity index (χ2n) is 8.84. The first-order valence-electron chi connectivity index (χ1n) is 12.3. The number of morpholine rings is 1. The Balaban J connectivity index is 1.83. The molecular formula is C26H38N2O5. The number of unbranched alkanes of at least 4 members (excludes halogenated alkanes) is 1. The highest BCUT2D eigenvalue weighted by atomic mass is 16.5. The molecule has 1 aromatic carbocycles. The van der Waals surface area contributed by atoms with E-state index in [0.717, 1.165) is 30.6 Å². The van der Waals surface area contributed by atoms with Gasteiger partial charge in [-0.2, -0.15) is 0 Å². The highest BCUT2D eigenvalue weighted by Gasteiger charge is 2.42. The maximum Gasteiger partial charge on any atom is 0.277 e. The number of rotatable bonds is 12. The number of imide groups is 1. The van der Waals surface area contributed by atoms with Gasteiger partial charge in [-0.3, -0.25) is 14.5 Å². The molecule has 2 aliphatic rings. The first kappa shape index (κ1) is 25.2. The van der Waals surface area contributed by atoms with E-state index in [1.807, 2.05) is 43.0 Å². The zero-order valence-electron chi connectivity index (χ0n) is 20.5. The molecule has 1 saturated heterocycles. The molecule has 3 rings (SSSR count). The first-order valence-corrected chi connectivity index (χ1v) is 12.3. The molecular weight excluding hydrogens is 420 g/mol. The highest BCUT2D eigenvalue weighted by Crippen LogP contribution is 2.34. The van der Waals surface area contributed by atoms with Crippen LogP contribution >= 0.6 is 0 Å². The van der Waals surface area contributed by atoms with Crippen LogP contribution in [0.4, 0.5) is 0 Å². The average Bonchev–Trinajstić information content (AvgIpc) is 3.04. The number of hydrogen-bond donors (Lipinski definition) is 0. The fourth-order valence-electron chi connectivity index (χ4n) is 4.29. The molecule has 0 N–H and O–H groups in total. The third kappa shape index (κ3) is 6.36. The minimum absolute atomic E-state index is 0.0174. The summed E-state index contributed by atoms with van der Waals surface area (Å²) in [5, 5.41) is 0. The molecule has 0 saturated carbocycles. The van der Waals surface area contributed by atoms with Crippen molar-refractivity contribution in [3.8, 4) is 5.75 Å². The van der Waals surface area contributed by atoms with Gasteiger partial charge in [0.15, 0.2) is 0 Å². The number of carbonyl (C=O) groups excluding carboxylic acids is 2. The Kier molecular flexibility index (Phi) is 9.32. The van der Waals surface area contributed by atoms with Crippen LogP contribution in [-0.2, 0) is 19.1 Å². The molecule has 0 spiro atoms. The molecule has 0 aromatic heterocycles. The van der Waals surface area contributed by atoms with Crippen LogP contribution in [0.25, 0.3) is 5.57 Å². The van der Waals surface area contributed by atoms with Gasteiger partial charge in [-0.25, -0.2) is 0 Å². The Labute approximate surface area is 197 Å². The smallest absolute Gasteiger partial charge is 0.277 e. The van der Waals surface area contributed by atoms with Crippen molar-refractivity contribution in [3.05, 3.63) is 35.5 Å². The second-order valence-corrected chi connectivity index (χ2v) is 8.84. The van der Waals surface area contributed by atoms with E-state index >= 15 is 0 Å². The Hall–Kier alpha value is -2.38. The Bertz CT molecular complexity index is 826. The Morgan fingerprint density at radius 2 is 1.58 bits per heavy atom. The molecule has 0 bridgehead atoms. The minimum Gasteiger partial charge on any atom is -0.494 e. The van der Waals surface area contributed by atoms with Gasteiger partial charge in [0, 0.05) is 32.8 Å². The van der Waals surface area contributed by atoms with Crippen molar-refractivity contribution in [3.63, 3.8) is 0 Å².